The molecule has 0 spiro atoms. The molecular formula is C45H29N3S2. The summed E-state index contributed by atoms with van der Waals surface area (Å²) >= 11 is 3.29. The lowest BCUT2D eigenvalue weighted by Gasteiger charge is -2.46. The summed E-state index contributed by atoms with van der Waals surface area (Å²) in [6.45, 7) is 0. The smallest absolute Gasteiger partial charge is 0.173 e. The molecule has 0 amide bonds. The predicted molar refractivity (Wildman–Crippen MR) is 210 cm³/mol. The Bertz CT molecular complexity index is 2570. The van der Waals surface area contributed by atoms with E-state index in [9.17, 15) is 0 Å². The summed E-state index contributed by atoms with van der Waals surface area (Å²) in [6.07, 6.45) is 0. The molecule has 1 aliphatic heterocycles. The van der Waals surface area contributed by atoms with Crippen molar-refractivity contribution in [3.63, 3.8) is 0 Å². The normalized spacial score (nSPS) is 13.3. The number of hydrogen-bond donors (Lipinski definition) is 0. The molecule has 3 heterocycles. The zero-order valence-electron chi connectivity index (χ0n) is 26.9. The summed E-state index contributed by atoms with van der Waals surface area (Å²) < 4.78 is 7.42. The van der Waals surface area contributed by atoms with Gasteiger partial charge >= 0.3 is 0 Å². The highest BCUT2D eigenvalue weighted by molar-refractivity contribution is 7.26. The van der Waals surface area contributed by atoms with Gasteiger partial charge in [-0.05, 0) is 82.3 Å². The monoisotopic (exact) mass is 675 g/mol. The van der Waals surface area contributed by atoms with Gasteiger partial charge in [-0.2, -0.15) is 4.37 Å². The summed E-state index contributed by atoms with van der Waals surface area (Å²) in [4.78, 5) is 7.49. The van der Waals surface area contributed by atoms with Crippen LogP contribution in [0.1, 0.15) is 22.3 Å². The summed E-state index contributed by atoms with van der Waals surface area (Å²) in [7, 11) is 0. The Balaban J connectivity index is 1.09. The number of anilines is 3. The second kappa shape index (κ2) is 11.6. The number of thiophene rings is 1. The highest BCUT2D eigenvalue weighted by atomic mass is 32.1. The van der Waals surface area contributed by atoms with Crippen molar-refractivity contribution in [1.29, 1.82) is 0 Å². The van der Waals surface area contributed by atoms with Crippen molar-refractivity contribution >= 4 is 60.1 Å². The lowest BCUT2D eigenvalue weighted by molar-refractivity contribution is 0.731. The Morgan fingerprint density at radius 2 is 1.08 bits per heavy atom. The third-order valence-corrected chi connectivity index (χ3v) is 11.8. The maximum absolute atomic E-state index is 5.09. The number of fused-ring (bicyclic) bond motifs is 5. The molecule has 1 aliphatic rings. The van der Waals surface area contributed by atoms with Crippen molar-refractivity contribution in [3.05, 3.63) is 198 Å². The molecule has 236 valence electrons. The summed E-state index contributed by atoms with van der Waals surface area (Å²) in [6, 6.07) is 63.4. The van der Waals surface area contributed by atoms with Crippen LogP contribution in [0.2, 0.25) is 0 Å². The van der Waals surface area contributed by atoms with Crippen molar-refractivity contribution in [2.75, 3.05) is 4.90 Å². The lowest BCUT2D eigenvalue weighted by atomic mass is 9.62. The highest BCUT2D eigenvalue weighted by Crippen LogP contribution is 2.57. The number of rotatable bonds is 5. The third kappa shape index (κ3) is 4.34. The van der Waals surface area contributed by atoms with Crippen molar-refractivity contribution in [2.24, 2.45) is 0 Å². The van der Waals surface area contributed by atoms with E-state index in [1.807, 2.05) is 11.3 Å². The van der Waals surface area contributed by atoms with E-state index >= 15 is 0 Å². The minimum absolute atomic E-state index is 0.482. The fourth-order valence-corrected chi connectivity index (χ4v) is 9.70. The van der Waals surface area contributed by atoms with E-state index in [-0.39, 0.29) is 0 Å². The van der Waals surface area contributed by atoms with Crippen molar-refractivity contribution < 1.29 is 0 Å². The molecule has 0 N–H and O–H groups in total. The first kappa shape index (κ1) is 29.1. The molecule has 0 unspecified atom stereocenters. The van der Waals surface area contributed by atoms with Crippen LogP contribution >= 0.6 is 22.9 Å². The average Bonchev–Trinajstić information content (AvgIpc) is 3.84. The van der Waals surface area contributed by atoms with Gasteiger partial charge in [0.1, 0.15) is 5.01 Å². The van der Waals surface area contributed by atoms with Gasteiger partial charge in [0.2, 0.25) is 0 Å². The molecule has 10 rings (SSSR count). The van der Waals surface area contributed by atoms with Crippen LogP contribution in [0.15, 0.2) is 176 Å². The molecule has 9 aromatic rings. The topological polar surface area (TPSA) is 29.0 Å². The van der Waals surface area contributed by atoms with Gasteiger partial charge in [-0.15, -0.1) is 11.3 Å². The molecule has 5 heteroatoms. The molecule has 0 aliphatic carbocycles. The second-order valence-corrected chi connectivity index (χ2v) is 14.4. The van der Waals surface area contributed by atoms with Gasteiger partial charge in [-0.25, -0.2) is 4.98 Å². The van der Waals surface area contributed by atoms with Crippen LogP contribution < -0.4 is 4.90 Å². The molecule has 0 radical (unpaired) electrons. The zero-order chi connectivity index (χ0) is 33.1. The molecule has 2 aromatic heterocycles. The van der Waals surface area contributed by atoms with Gasteiger partial charge in [-0.3, -0.25) is 0 Å². The van der Waals surface area contributed by atoms with Crippen LogP contribution in [0, 0.1) is 0 Å². The average molecular weight is 676 g/mol. The van der Waals surface area contributed by atoms with E-state index in [4.69, 9.17) is 9.36 Å². The minimum Gasteiger partial charge on any atom is -0.310 e. The summed E-state index contributed by atoms with van der Waals surface area (Å²) in [5.41, 5.74) is 10.1. The molecular weight excluding hydrogens is 647 g/mol. The number of aromatic nitrogens is 2. The Kier molecular flexibility index (Phi) is 6.76. The molecule has 3 nitrogen and oxygen atoms in total. The largest absolute Gasteiger partial charge is 0.310 e. The molecule has 0 atom stereocenters. The van der Waals surface area contributed by atoms with Crippen molar-refractivity contribution in [2.45, 2.75) is 5.41 Å². The Hall–Kier alpha value is -5.88. The van der Waals surface area contributed by atoms with Crippen LogP contribution in [0.5, 0.6) is 0 Å². The summed E-state index contributed by atoms with van der Waals surface area (Å²) in [5, 5.41) is 3.47. The third-order valence-electron chi connectivity index (χ3n) is 9.95. The fraction of sp³-hybridized carbons (Fsp3) is 0.0222. The van der Waals surface area contributed by atoms with Crippen molar-refractivity contribution in [3.8, 4) is 22.0 Å². The molecule has 0 saturated heterocycles. The van der Waals surface area contributed by atoms with Crippen LogP contribution in [-0.2, 0) is 5.41 Å². The quantitative estimate of drug-likeness (QED) is 0.182. The minimum atomic E-state index is -0.482. The van der Waals surface area contributed by atoms with Crippen molar-refractivity contribution in [1.82, 2.24) is 9.36 Å². The van der Waals surface area contributed by atoms with E-state index in [2.05, 4.69) is 181 Å². The van der Waals surface area contributed by atoms with E-state index < -0.39 is 5.41 Å². The maximum atomic E-state index is 5.09. The molecule has 0 bridgehead atoms. The number of hydrogen-bond acceptors (Lipinski definition) is 5. The van der Waals surface area contributed by atoms with Crippen LogP contribution in [0.4, 0.5) is 17.1 Å². The Morgan fingerprint density at radius 3 is 1.76 bits per heavy atom. The van der Waals surface area contributed by atoms with E-state index in [1.54, 1.807) is 0 Å². The Labute approximate surface area is 298 Å². The standard InChI is InChI=1S/C45H29N3S2/c1-3-14-31(15-4-1)45(32-16-5-2-6-17-32)36-20-8-10-22-38(36)48(39-23-11-9-21-37(39)45)33-28-26-30(27-29-33)43-46-44(50-47-43)35-19-13-25-41-42(35)34-18-7-12-24-40(34)49-41/h1-29H. The molecule has 7 aromatic carbocycles. The SMILES string of the molecule is c1ccc(C2(c3ccccc3)c3ccccc3N(c3ccc(-c4nsc(-c5cccc6sc7ccccc7c56)n4)cc3)c3ccccc32)cc1. The fourth-order valence-electron chi connectivity index (χ4n) is 7.85. The molecule has 0 fully saturated rings. The van der Waals surface area contributed by atoms with Crippen LogP contribution in [-0.4, -0.2) is 9.36 Å². The highest BCUT2D eigenvalue weighted by Gasteiger charge is 2.46. The second-order valence-electron chi connectivity index (χ2n) is 12.6. The number of para-hydroxylation sites is 2. The van der Waals surface area contributed by atoms with Gasteiger partial charge in [-0.1, -0.05) is 127 Å². The lowest BCUT2D eigenvalue weighted by Crippen LogP contribution is -2.37. The predicted octanol–water partition coefficient (Wildman–Crippen LogP) is 12.4. The van der Waals surface area contributed by atoms with Crippen LogP contribution in [0.3, 0.4) is 0 Å². The Morgan fingerprint density at radius 1 is 0.500 bits per heavy atom. The number of benzene rings is 7. The van der Waals surface area contributed by atoms with E-state index in [0.29, 0.717) is 0 Å². The number of nitrogens with zero attached hydrogens (tertiary/aromatic N) is 3. The van der Waals surface area contributed by atoms with Gasteiger partial charge < -0.3 is 4.90 Å². The van der Waals surface area contributed by atoms with Gasteiger partial charge in [0.15, 0.2) is 5.82 Å². The first-order valence-corrected chi connectivity index (χ1v) is 18.3. The zero-order valence-corrected chi connectivity index (χ0v) is 28.5. The van der Waals surface area contributed by atoms with Gasteiger partial charge in [0, 0.05) is 37.0 Å². The molecule has 0 saturated carbocycles. The summed E-state index contributed by atoms with van der Waals surface area (Å²) in [5.74, 6) is 0.750. The first-order chi connectivity index (χ1) is 24.8. The van der Waals surface area contributed by atoms with E-state index in [1.165, 1.54) is 54.0 Å². The molecule has 50 heavy (non-hydrogen) atoms. The van der Waals surface area contributed by atoms with E-state index in [0.717, 1.165) is 39.0 Å². The first-order valence-electron chi connectivity index (χ1n) is 16.8. The van der Waals surface area contributed by atoms with Crippen LogP contribution in [0.25, 0.3) is 42.1 Å². The van der Waals surface area contributed by atoms with Gasteiger partial charge in [0.25, 0.3) is 0 Å². The maximum Gasteiger partial charge on any atom is 0.173 e. The van der Waals surface area contributed by atoms with Gasteiger partial charge in [0.05, 0.1) is 16.8 Å².